The van der Waals surface area contributed by atoms with Crippen LogP contribution >= 0.6 is 15.9 Å². The van der Waals surface area contributed by atoms with Gasteiger partial charge in [-0.05, 0) is 41.1 Å². The van der Waals surface area contributed by atoms with Gasteiger partial charge >= 0.3 is 0 Å². The molecule has 0 spiro atoms. The van der Waals surface area contributed by atoms with Crippen LogP contribution in [0.1, 0.15) is 6.92 Å². The average Bonchev–Trinajstić information content (AvgIpc) is 2.07. The summed E-state index contributed by atoms with van der Waals surface area (Å²) >= 11 is 3.26. The summed E-state index contributed by atoms with van der Waals surface area (Å²) in [6.07, 6.45) is 0. The van der Waals surface area contributed by atoms with E-state index in [1.165, 1.54) is 12.1 Å². The molecule has 0 heterocycles. The van der Waals surface area contributed by atoms with Gasteiger partial charge in [-0.25, -0.2) is 13.6 Å². The van der Waals surface area contributed by atoms with Crippen LogP contribution in [0.3, 0.4) is 0 Å². The van der Waals surface area contributed by atoms with Gasteiger partial charge in [0.25, 0.3) is 0 Å². The highest BCUT2D eigenvalue weighted by molar-refractivity contribution is 9.10. The van der Waals surface area contributed by atoms with Crippen LogP contribution in [0.2, 0.25) is 0 Å². The lowest BCUT2D eigenvalue weighted by atomic mass is 10.3. The largest absolute Gasteiger partial charge is 0.384 e. The van der Waals surface area contributed by atoms with Gasteiger partial charge in [0.15, 0.2) is 0 Å². The Morgan fingerprint density at radius 1 is 1.50 bits per heavy atom. The monoisotopic (exact) mass is 278 g/mol. The van der Waals surface area contributed by atoms with Crippen LogP contribution < -0.4 is 10.5 Å². The smallest absolute Gasteiger partial charge is 0.238 e. The molecule has 0 atom stereocenters. The third kappa shape index (κ3) is 2.70. The first-order valence-corrected chi connectivity index (χ1v) is 6.35. The topological polar surface area (TPSA) is 72.2 Å². The van der Waals surface area contributed by atoms with Crippen molar-refractivity contribution in [1.82, 2.24) is 0 Å². The van der Waals surface area contributed by atoms with E-state index in [0.29, 0.717) is 4.47 Å². The second kappa shape index (κ2) is 4.29. The summed E-state index contributed by atoms with van der Waals surface area (Å²) in [5, 5.41) is 8.05. The Bertz CT molecular complexity index is 431. The van der Waals surface area contributed by atoms with E-state index in [0.717, 1.165) is 12.2 Å². The lowest BCUT2D eigenvalue weighted by Crippen LogP contribution is -2.12. The van der Waals surface area contributed by atoms with Crippen molar-refractivity contribution in [3.63, 3.8) is 0 Å². The lowest BCUT2D eigenvalue weighted by molar-refractivity contribution is 0.598. The first kappa shape index (κ1) is 11.5. The molecule has 6 heteroatoms. The maximum absolute atomic E-state index is 11.0. The third-order valence-corrected chi connectivity index (χ3v) is 3.20. The predicted molar refractivity (Wildman–Crippen MR) is 59.7 cm³/mol. The molecule has 78 valence electrons. The molecule has 0 fully saturated rings. The Kier molecular flexibility index (Phi) is 3.52. The van der Waals surface area contributed by atoms with Crippen LogP contribution in [0.4, 0.5) is 5.69 Å². The molecule has 1 aromatic rings. The van der Waals surface area contributed by atoms with E-state index in [1.54, 1.807) is 6.07 Å². The van der Waals surface area contributed by atoms with Crippen molar-refractivity contribution in [3.05, 3.63) is 22.7 Å². The van der Waals surface area contributed by atoms with E-state index in [-0.39, 0.29) is 4.90 Å². The quantitative estimate of drug-likeness (QED) is 0.881. The van der Waals surface area contributed by atoms with Crippen LogP contribution in [-0.4, -0.2) is 15.0 Å². The zero-order valence-electron chi connectivity index (χ0n) is 7.62. The summed E-state index contributed by atoms with van der Waals surface area (Å²) in [6, 6.07) is 4.62. The molecule has 0 bridgehead atoms. The average molecular weight is 279 g/mol. The maximum atomic E-state index is 11.0. The molecule has 0 amide bonds. The number of benzene rings is 1. The van der Waals surface area contributed by atoms with Gasteiger partial charge in [0.2, 0.25) is 10.0 Å². The maximum Gasteiger partial charge on any atom is 0.238 e. The highest BCUT2D eigenvalue weighted by Gasteiger charge is 2.09. The summed E-state index contributed by atoms with van der Waals surface area (Å²) in [5.41, 5.74) is 0.847. The SMILES string of the molecule is CCNc1ccc(S(N)(=O)=O)cc1Br. The number of hydrogen-bond acceptors (Lipinski definition) is 3. The predicted octanol–water partition coefficient (Wildman–Crippen LogP) is 1.53. The second-order valence-electron chi connectivity index (χ2n) is 2.72. The Balaban J connectivity index is 3.13. The Labute approximate surface area is 91.7 Å². The van der Waals surface area contributed by atoms with Crippen LogP contribution in [0.25, 0.3) is 0 Å². The molecule has 0 aliphatic carbocycles. The first-order valence-electron chi connectivity index (χ1n) is 4.01. The molecule has 0 aliphatic heterocycles. The number of anilines is 1. The number of halogens is 1. The number of rotatable bonds is 3. The molecule has 0 aliphatic rings. The van der Waals surface area contributed by atoms with Crippen molar-refractivity contribution in [2.75, 3.05) is 11.9 Å². The Morgan fingerprint density at radius 3 is 2.57 bits per heavy atom. The fourth-order valence-electron chi connectivity index (χ4n) is 1.01. The summed E-state index contributed by atoms with van der Waals surface area (Å²) in [7, 11) is -3.61. The molecule has 0 unspecified atom stereocenters. The molecule has 1 aromatic carbocycles. The van der Waals surface area contributed by atoms with Gasteiger partial charge in [0.05, 0.1) is 4.90 Å². The van der Waals surface area contributed by atoms with Crippen molar-refractivity contribution in [3.8, 4) is 0 Å². The summed E-state index contributed by atoms with van der Waals surface area (Å²) in [4.78, 5) is 0.103. The Morgan fingerprint density at radius 2 is 2.14 bits per heavy atom. The number of sulfonamides is 1. The highest BCUT2D eigenvalue weighted by Crippen LogP contribution is 2.24. The zero-order chi connectivity index (χ0) is 10.8. The number of nitrogens with two attached hydrogens (primary N) is 1. The van der Waals surface area contributed by atoms with Crippen LogP contribution in [0.15, 0.2) is 27.6 Å². The van der Waals surface area contributed by atoms with E-state index in [9.17, 15) is 8.42 Å². The first-order chi connectivity index (χ1) is 6.45. The number of nitrogens with one attached hydrogen (secondary N) is 1. The van der Waals surface area contributed by atoms with Gasteiger partial charge in [0, 0.05) is 16.7 Å². The lowest BCUT2D eigenvalue weighted by Gasteiger charge is -2.07. The third-order valence-electron chi connectivity index (χ3n) is 1.64. The van der Waals surface area contributed by atoms with Crippen LogP contribution in [0, 0.1) is 0 Å². The summed E-state index contributed by atoms with van der Waals surface area (Å²) < 4.78 is 22.7. The Hall–Kier alpha value is -0.590. The molecular formula is C8H11BrN2O2S. The number of hydrogen-bond donors (Lipinski definition) is 2. The molecule has 0 saturated heterocycles. The van der Waals surface area contributed by atoms with E-state index in [1.807, 2.05) is 6.92 Å². The van der Waals surface area contributed by atoms with Gasteiger partial charge < -0.3 is 5.32 Å². The van der Waals surface area contributed by atoms with Crippen molar-refractivity contribution in [2.45, 2.75) is 11.8 Å². The van der Waals surface area contributed by atoms with Crippen molar-refractivity contribution < 1.29 is 8.42 Å². The van der Waals surface area contributed by atoms with Crippen LogP contribution in [0.5, 0.6) is 0 Å². The molecule has 4 nitrogen and oxygen atoms in total. The van der Waals surface area contributed by atoms with Gasteiger partial charge in [-0.15, -0.1) is 0 Å². The van der Waals surface area contributed by atoms with Crippen molar-refractivity contribution >= 4 is 31.6 Å². The molecule has 0 saturated carbocycles. The van der Waals surface area contributed by atoms with Gasteiger partial charge in [-0.3, -0.25) is 0 Å². The zero-order valence-corrected chi connectivity index (χ0v) is 10.0. The second-order valence-corrected chi connectivity index (χ2v) is 5.13. The summed E-state index contributed by atoms with van der Waals surface area (Å²) in [5.74, 6) is 0. The highest BCUT2D eigenvalue weighted by atomic mass is 79.9. The van der Waals surface area contributed by atoms with E-state index >= 15 is 0 Å². The minimum atomic E-state index is -3.61. The molecular weight excluding hydrogens is 268 g/mol. The number of primary sulfonamides is 1. The molecule has 14 heavy (non-hydrogen) atoms. The standard InChI is InChI=1S/C8H11BrN2O2S/c1-2-11-8-4-3-6(5-7(8)9)14(10,12)13/h3-5,11H,2H2,1H3,(H2,10,12,13). The normalized spacial score (nSPS) is 11.4. The van der Waals surface area contributed by atoms with Gasteiger partial charge in [0.1, 0.15) is 0 Å². The van der Waals surface area contributed by atoms with Crippen LogP contribution in [-0.2, 0) is 10.0 Å². The fourth-order valence-corrected chi connectivity index (χ4v) is 2.22. The van der Waals surface area contributed by atoms with Crippen molar-refractivity contribution in [1.29, 1.82) is 0 Å². The van der Waals surface area contributed by atoms with E-state index < -0.39 is 10.0 Å². The van der Waals surface area contributed by atoms with Gasteiger partial charge in [-0.2, -0.15) is 0 Å². The van der Waals surface area contributed by atoms with E-state index in [4.69, 9.17) is 5.14 Å². The van der Waals surface area contributed by atoms with Gasteiger partial charge in [-0.1, -0.05) is 0 Å². The minimum Gasteiger partial charge on any atom is -0.384 e. The van der Waals surface area contributed by atoms with E-state index in [2.05, 4.69) is 21.2 Å². The molecule has 1 rings (SSSR count). The minimum absolute atomic E-state index is 0.103. The fraction of sp³-hybridized carbons (Fsp3) is 0.250. The molecule has 3 N–H and O–H groups in total. The summed E-state index contributed by atoms with van der Waals surface area (Å²) in [6.45, 7) is 2.73. The molecule has 0 radical (unpaired) electrons. The molecule has 0 aromatic heterocycles. The van der Waals surface area contributed by atoms with Crippen molar-refractivity contribution in [2.24, 2.45) is 5.14 Å².